The molecule has 1 amide bonds. The van der Waals surface area contributed by atoms with E-state index in [2.05, 4.69) is 51.2 Å². The van der Waals surface area contributed by atoms with Crippen molar-refractivity contribution in [3.05, 3.63) is 53.2 Å². The summed E-state index contributed by atoms with van der Waals surface area (Å²) in [5.74, 6) is 0.988. The molecule has 0 spiro atoms. The van der Waals surface area contributed by atoms with Crippen LogP contribution in [0.15, 0.2) is 36.4 Å². The standard InChI is InChI=1S/C20H24N4O/c1-13(20(25)22-19-12-18(23-24-19)17-6-7-17)14-2-4-15(5-3-14)16-8-10-21-11-9-16/h2-5,8,12-13,17,21H,6-7,9-11H2,1H3,(H2,22,23,24,25). The third kappa shape index (κ3) is 3.66. The third-order valence-corrected chi connectivity index (χ3v) is 5.10. The number of nitrogens with one attached hydrogen (secondary N) is 3. The molecule has 1 aromatic carbocycles. The number of hydrogen-bond donors (Lipinski definition) is 3. The number of H-pyrrole nitrogens is 1. The molecule has 0 bridgehead atoms. The van der Waals surface area contributed by atoms with E-state index in [-0.39, 0.29) is 11.8 Å². The van der Waals surface area contributed by atoms with Crippen LogP contribution in [0.2, 0.25) is 0 Å². The van der Waals surface area contributed by atoms with Crippen LogP contribution in [0, 0.1) is 0 Å². The van der Waals surface area contributed by atoms with Crippen molar-refractivity contribution >= 4 is 17.3 Å². The summed E-state index contributed by atoms with van der Waals surface area (Å²) in [6, 6.07) is 10.3. The molecular formula is C20H24N4O. The van der Waals surface area contributed by atoms with Gasteiger partial charge in [0.1, 0.15) is 0 Å². The summed E-state index contributed by atoms with van der Waals surface area (Å²) in [4.78, 5) is 12.5. The summed E-state index contributed by atoms with van der Waals surface area (Å²) < 4.78 is 0. The number of rotatable bonds is 5. The smallest absolute Gasteiger partial charge is 0.232 e. The van der Waals surface area contributed by atoms with Crippen LogP contribution >= 0.6 is 0 Å². The second-order valence-corrected chi connectivity index (χ2v) is 7.00. The molecule has 2 aliphatic rings. The average Bonchev–Trinajstić information content (AvgIpc) is 3.41. The summed E-state index contributed by atoms with van der Waals surface area (Å²) in [5, 5.41) is 13.5. The van der Waals surface area contributed by atoms with E-state index in [1.165, 1.54) is 24.0 Å². The number of amides is 1. The highest BCUT2D eigenvalue weighted by atomic mass is 16.1. The van der Waals surface area contributed by atoms with Crippen molar-refractivity contribution < 1.29 is 4.79 Å². The first-order chi connectivity index (χ1) is 12.2. The first-order valence-electron chi connectivity index (χ1n) is 9.07. The predicted molar refractivity (Wildman–Crippen MR) is 99.5 cm³/mol. The number of nitrogens with zero attached hydrogens (tertiary/aromatic N) is 1. The molecule has 1 fully saturated rings. The molecule has 2 heterocycles. The lowest BCUT2D eigenvalue weighted by atomic mass is 9.95. The Kier molecular flexibility index (Phi) is 4.40. The molecule has 2 aromatic rings. The van der Waals surface area contributed by atoms with Crippen molar-refractivity contribution in [2.75, 3.05) is 18.4 Å². The highest BCUT2D eigenvalue weighted by Gasteiger charge is 2.26. The molecule has 1 aliphatic heterocycles. The topological polar surface area (TPSA) is 69.8 Å². The molecule has 1 aliphatic carbocycles. The van der Waals surface area contributed by atoms with Gasteiger partial charge >= 0.3 is 0 Å². The lowest BCUT2D eigenvalue weighted by Crippen LogP contribution is -2.20. The van der Waals surface area contributed by atoms with E-state index >= 15 is 0 Å². The van der Waals surface area contributed by atoms with Crippen LogP contribution < -0.4 is 10.6 Å². The number of aromatic amines is 1. The minimum Gasteiger partial charge on any atom is -0.313 e. The zero-order chi connectivity index (χ0) is 17.2. The van der Waals surface area contributed by atoms with Gasteiger partial charge in [-0.1, -0.05) is 30.3 Å². The zero-order valence-electron chi connectivity index (χ0n) is 14.5. The second-order valence-electron chi connectivity index (χ2n) is 7.00. The van der Waals surface area contributed by atoms with E-state index in [4.69, 9.17) is 0 Å². The van der Waals surface area contributed by atoms with E-state index in [0.29, 0.717) is 11.7 Å². The van der Waals surface area contributed by atoms with Gasteiger partial charge in [0, 0.05) is 24.2 Å². The van der Waals surface area contributed by atoms with E-state index in [9.17, 15) is 4.79 Å². The van der Waals surface area contributed by atoms with Crippen LogP contribution in [0.25, 0.3) is 5.57 Å². The van der Waals surface area contributed by atoms with E-state index in [1.807, 2.05) is 13.0 Å². The van der Waals surface area contributed by atoms with Crippen LogP contribution in [0.1, 0.15) is 54.8 Å². The maximum atomic E-state index is 12.5. The van der Waals surface area contributed by atoms with Gasteiger partial charge in [-0.3, -0.25) is 9.89 Å². The second kappa shape index (κ2) is 6.84. The molecule has 5 nitrogen and oxygen atoms in total. The normalized spacial score (nSPS) is 18.5. The van der Waals surface area contributed by atoms with Gasteiger partial charge in [-0.25, -0.2) is 0 Å². The van der Waals surface area contributed by atoms with Crippen molar-refractivity contribution in [3.8, 4) is 0 Å². The Morgan fingerprint density at radius 2 is 2.08 bits per heavy atom. The number of carbonyl (C=O) groups excluding carboxylic acids is 1. The predicted octanol–water partition coefficient (Wildman–Crippen LogP) is 3.41. The van der Waals surface area contributed by atoms with Gasteiger partial charge < -0.3 is 10.6 Å². The summed E-state index contributed by atoms with van der Waals surface area (Å²) >= 11 is 0. The van der Waals surface area contributed by atoms with Crippen LogP contribution in [-0.4, -0.2) is 29.2 Å². The van der Waals surface area contributed by atoms with Crippen molar-refractivity contribution in [2.24, 2.45) is 0 Å². The number of anilines is 1. The Balaban J connectivity index is 1.41. The fourth-order valence-electron chi connectivity index (χ4n) is 3.26. The van der Waals surface area contributed by atoms with Crippen molar-refractivity contribution in [2.45, 2.75) is 38.0 Å². The van der Waals surface area contributed by atoms with Gasteiger partial charge in [0.15, 0.2) is 5.82 Å². The fraction of sp³-hybridized carbons (Fsp3) is 0.400. The molecule has 1 unspecified atom stereocenters. The molecule has 130 valence electrons. The third-order valence-electron chi connectivity index (χ3n) is 5.10. The summed E-state index contributed by atoms with van der Waals surface area (Å²) in [7, 11) is 0. The first-order valence-corrected chi connectivity index (χ1v) is 9.07. The maximum Gasteiger partial charge on any atom is 0.232 e. The summed E-state index contributed by atoms with van der Waals surface area (Å²) in [5.41, 5.74) is 4.78. The van der Waals surface area contributed by atoms with Crippen molar-refractivity contribution in [3.63, 3.8) is 0 Å². The highest BCUT2D eigenvalue weighted by Crippen LogP contribution is 2.39. The van der Waals surface area contributed by atoms with Gasteiger partial charge in [-0.2, -0.15) is 5.10 Å². The number of hydrogen-bond acceptors (Lipinski definition) is 3. The van der Waals surface area contributed by atoms with Crippen molar-refractivity contribution in [1.82, 2.24) is 15.5 Å². The number of carbonyl (C=O) groups is 1. The van der Waals surface area contributed by atoms with E-state index in [0.717, 1.165) is 30.8 Å². The maximum absolute atomic E-state index is 12.5. The molecule has 5 heteroatoms. The number of benzene rings is 1. The molecular weight excluding hydrogens is 312 g/mol. The molecule has 4 rings (SSSR count). The average molecular weight is 336 g/mol. The molecule has 0 saturated heterocycles. The van der Waals surface area contributed by atoms with Crippen molar-refractivity contribution in [1.29, 1.82) is 0 Å². The number of aromatic nitrogens is 2. The van der Waals surface area contributed by atoms with E-state index in [1.54, 1.807) is 0 Å². The lowest BCUT2D eigenvalue weighted by molar-refractivity contribution is -0.117. The highest BCUT2D eigenvalue weighted by molar-refractivity contribution is 5.94. The van der Waals surface area contributed by atoms with Crippen LogP contribution in [-0.2, 0) is 4.79 Å². The van der Waals surface area contributed by atoms with Gasteiger partial charge in [-0.15, -0.1) is 0 Å². The van der Waals surface area contributed by atoms with Gasteiger partial charge in [-0.05, 0) is 49.4 Å². The SMILES string of the molecule is CC(C(=O)Nc1cc(C2CC2)[nH]n1)c1ccc(C2=CCNCC2)cc1. The van der Waals surface area contributed by atoms with Gasteiger partial charge in [0.05, 0.1) is 5.92 Å². The summed E-state index contributed by atoms with van der Waals surface area (Å²) in [6.45, 7) is 3.89. The minimum atomic E-state index is -0.211. The monoisotopic (exact) mass is 336 g/mol. The Bertz CT molecular complexity index is 786. The molecule has 25 heavy (non-hydrogen) atoms. The van der Waals surface area contributed by atoms with Gasteiger partial charge in [0.25, 0.3) is 0 Å². The van der Waals surface area contributed by atoms with Crippen LogP contribution in [0.5, 0.6) is 0 Å². The fourth-order valence-corrected chi connectivity index (χ4v) is 3.26. The summed E-state index contributed by atoms with van der Waals surface area (Å²) in [6.07, 6.45) is 5.72. The Morgan fingerprint density at radius 3 is 2.76 bits per heavy atom. The largest absolute Gasteiger partial charge is 0.313 e. The Hall–Kier alpha value is -2.40. The lowest BCUT2D eigenvalue weighted by Gasteiger charge is -2.16. The van der Waals surface area contributed by atoms with Crippen LogP contribution in [0.3, 0.4) is 0 Å². The molecule has 0 radical (unpaired) electrons. The van der Waals surface area contributed by atoms with E-state index < -0.39 is 0 Å². The van der Waals surface area contributed by atoms with Crippen LogP contribution in [0.4, 0.5) is 5.82 Å². The molecule has 1 atom stereocenters. The minimum absolute atomic E-state index is 0.0253. The molecule has 3 N–H and O–H groups in total. The quantitative estimate of drug-likeness (QED) is 0.784. The first kappa shape index (κ1) is 16.1. The Morgan fingerprint density at radius 1 is 1.28 bits per heavy atom. The molecule has 1 aromatic heterocycles. The van der Waals surface area contributed by atoms with Gasteiger partial charge in [0.2, 0.25) is 5.91 Å². The molecule has 1 saturated carbocycles. The zero-order valence-corrected chi connectivity index (χ0v) is 14.5. The Labute approximate surface area is 147 Å².